The Labute approximate surface area is 102 Å². The Morgan fingerprint density at radius 3 is 2.50 bits per heavy atom. The van der Waals surface area contributed by atoms with Crippen LogP contribution in [0.15, 0.2) is 30.3 Å². The molecule has 0 spiro atoms. The van der Waals surface area contributed by atoms with Crippen molar-refractivity contribution >= 4 is 18.7 Å². The molecule has 0 aromatic heterocycles. The quantitative estimate of drug-likeness (QED) is 0.770. The van der Waals surface area contributed by atoms with E-state index >= 15 is 0 Å². The van der Waals surface area contributed by atoms with Gasteiger partial charge in [-0.05, 0) is 12.0 Å². The fraction of sp³-hybridized carbons (Fsp3) is 0.417. The Morgan fingerprint density at radius 1 is 1.38 bits per heavy atom. The lowest BCUT2D eigenvalue weighted by Crippen LogP contribution is -2.43. The molecule has 16 heavy (non-hydrogen) atoms. The summed E-state index contributed by atoms with van der Waals surface area (Å²) >= 11 is 4.26. The van der Waals surface area contributed by atoms with Gasteiger partial charge in [-0.25, -0.2) is 4.79 Å². The van der Waals surface area contributed by atoms with E-state index in [0.29, 0.717) is 5.75 Å². The van der Waals surface area contributed by atoms with Gasteiger partial charge in [0.25, 0.3) is 0 Å². The molecule has 0 aliphatic carbocycles. The van der Waals surface area contributed by atoms with Gasteiger partial charge in [0, 0.05) is 25.9 Å². The lowest BCUT2D eigenvalue weighted by Gasteiger charge is -2.19. The highest BCUT2D eigenvalue weighted by Crippen LogP contribution is 2.04. The number of hydrogen-bond donors (Lipinski definition) is 2. The Kier molecular flexibility index (Phi) is 5.19. The number of urea groups is 1. The van der Waals surface area contributed by atoms with Gasteiger partial charge in [0.1, 0.15) is 0 Å². The third-order valence-electron chi connectivity index (χ3n) is 2.28. The van der Waals surface area contributed by atoms with Crippen LogP contribution in [0.4, 0.5) is 4.79 Å². The van der Waals surface area contributed by atoms with Crippen LogP contribution in [0.2, 0.25) is 0 Å². The lowest BCUT2D eigenvalue weighted by atomic mass is 10.1. The van der Waals surface area contributed by atoms with Crippen LogP contribution >= 0.6 is 12.6 Å². The highest BCUT2D eigenvalue weighted by molar-refractivity contribution is 7.80. The van der Waals surface area contributed by atoms with Crippen molar-refractivity contribution in [3.63, 3.8) is 0 Å². The second-order valence-electron chi connectivity index (χ2n) is 3.91. The van der Waals surface area contributed by atoms with E-state index in [1.54, 1.807) is 14.1 Å². The van der Waals surface area contributed by atoms with E-state index in [1.807, 2.05) is 18.2 Å². The number of rotatable bonds is 4. The minimum Gasteiger partial charge on any atom is -0.334 e. The molecule has 4 heteroatoms. The van der Waals surface area contributed by atoms with Gasteiger partial charge in [-0.15, -0.1) is 0 Å². The van der Waals surface area contributed by atoms with E-state index in [-0.39, 0.29) is 12.1 Å². The van der Waals surface area contributed by atoms with Crippen molar-refractivity contribution in [3.05, 3.63) is 35.9 Å². The topological polar surface area (TPSA) is 32.3 Å². The lowest BCUT2D eigenvalue weighted by molar-refractivity contribution is 0.214. The van der Waals surface area contributed by atoms with E-state index in [0.717, 1.165) is 6.42 Å². The monoisotopic (exact) mass is 238 g/mol. The predicted octanol–water partition coefficient (Wildman–Crippen LogP) is 1.80. The van der Waals surface area contributed by atoms with Crippen LogP contribution < -0.4 is 5.32 Å². The SMILES string of the molecule is CN(C)C(=O)NC(CS)Cc1ccccc1. The number of thiol groups is 1. The molecule has 0 saturated heterocycles. The van der Waals surface area contributed by atoms with Gasteiger partial charge in [0.15, 0.2) is 0 Å². The molecule has 1 unspecified atom stereocenters. The summed E-state index contributed by atoms with van der Waals surface area (Å²) in [7, 11) is 3.46. The van der Waals surface area contributed by atoms with Gasteiger partial charge in [0.2, 0.25) is 0 Å². The van der Waals surface area contributed by atoms with Crippen LogP contribution in [0.3, 0.4) is 0 Å². The van der Waals surface area contributed by atoms with Crippen molar-refractivity contribution in [2.75, 3.05) is 19.8 Å². The largest absolute Gasteiger partial charge is 0.334 e. The Balaban J connectivity index is 2.53. The number of nitrogens with zero attached hydrogens (tertiary/aromatic N) is 1. The van der Waals surface area contributed by atoms with Gasteiger partial charge in [0.05, 0.1) is 0 Å². The minimum absolute atomic E-state index is 0.0700. The summed E-state index contributed by atoms with van der Waals surface area (Å²) in [6.45, 7) is 0. The molecule has 1 N–H and O–H groups in total. The van der Waals surface area contributed by atoms with Crippen molar-refractivity contribution < 1.29 is 4.79 Å². The maximum atomic E-state index is 11.5. The van der Waals surface area contributed by atoms with Gasteiger partial charge < -0.3 is 10.2 Å². The number of benzene rings is 1. The fourth-order valence-electron chi connectivity index (χ4n) is 1.36. The van der Waals surface area contributed by atoms with Gasteiger partial charge in [-0.3, -0.25) is 0 Å². The summed E-state index contributed by atoms with van der Waals surface area (Å²) in [4.78, 5) is 13.0. The molecule has 0 bridgehead atoms. The molecule has 0 aliphatic heterocycles. The summed E-state index contributed by atoms with van der Waals surface area (Å²) < 4.78 is 0. The molecule has 1 aromatic carbocycles. The molecule has 0 fully saturated rings. The maximum Gasteiger partial charge on any atom is 0.317 e. The molecule has 0 heterocycles. The molecular formula is C12H18N2OS. The highest BCUT2D eigenvalue weighted by Gasteiger charge is 2.12. The standard InChI is InChI=1S/C12H18N2OS/c1-14(2)12(15)13-11(9-16)8-10-6-4-3-5-7-10/h3-7,11,16H,8-9H2,1-2H3,(H,13,15). The zero-order valence-corrected chi connectivity index (χ0v) is 10.6. The second-order valence-corrected chi connectivity index (χ2v) is 4.28. The van der Waals surface area contributed by atoms with E-state index < -0.39 is 0 Å². The number of carbonyl (C=O) groups excluding carboxylic acids is 1. The number of amides is 2. The normalized spacial score (nSPS) is 11.9. The van der Waals surface area contributed by atoms with Crippen LogP contribution in [-0.2, 0) is 6.42 Å². The molecule has 0 radical (unpaired) electrons. The molecule has 88 valence electrons. The van der Waals surface area contributed by atoms with Crippen LogP contribution in [0.25, 0.3) is 0 Å². The zero-order chi connectivity index (χ0) is 12.0. The molecule has 3 nitrogen and oxygen atoms in total. The zero-order valence-electron chi connectivity index (χ0n) is 9.68. The third-order valence-corrected chi connectivity index (χ3v) is 2.72. The van der Waals surface area contributed by atoms with Gasteiger partial charge in [-0.1, -0.05) is 30.3 Å². The summed E-state index contributed by atoms with van der Waals surface area (Å²) in [5.74, 6) is 0.633. The average Bonchev–Trinajstić information content (AvgIpc) is 2.29. The Bertz CT molecular complexity index is 327. The third kappa shape index (κ3) is 4.14. The van der Waals surface area contributed by atoms with Gasteiger partial charge >= 0.3 is 6.03 Å². The van der Waals surface area contributed by atoms with E-state index in [1.165, 1.54) is 10.5 Å². The molecule has 1 rings (SSSR count). The first-order chi connectivity index (χ1) is 7.63. The molecule has 1 aromatic rings. The van der Waals surface area contributed by atoms with Crippen molar-refractivity contribution in [1.82, 2.24) is 10.2 Å². The predicted molar refractivity (Wildman–Crippen MR) is 70.0 cm³/mol. The van der Waals surface area contributed by atoms with Crippen LogP contribution in [-0.4, -0.2) is 36.8 Å². The summed E-state index contributed by atoms with van der Waals surface area (Å²) in [5.41, 5.74) is 1.21. The molecular weight excluding hydrogens is 220 g/mol. The van der Waals surface area contributed by atoms with Crippen molar-refractivity contribution in [1.29, 1.82) is 0 Å². The first kappa shape index (κ1) is 12.9. The first-order valence-corrected chi connectivity index (χ1v) is 5.89. The van der Waals surface area contributed by atoms with Crippen molar-refractivity contribution in [3.8, 4) is 0 Å². The van der Waals surface area contributed by atoms with E-state index in [9.17, 15) is 4.79 Å². The van der Waals surface area contributed by atoms with E-state index in [2.05, 4.69) is 30.1 Å². The number of nitrogens with one attached hydrogen (secondary N) is 1. The number of hydrogen-bond acceptors (Lipinski definition) is 2. The number of carbonyl (C=O) groups is 1. The summed E-state index contributed by atoms with van der Waals surface area (Å²) in [6, 6.07) is 10.1. The van der Waals surface area contributed by atoms with Crippen molar-refractivity contribution in [2.24, 2.45) is 0 Å². The van der Waals surface area contributed by atoms with Crippen LogP contribution in [0.1, 0.15) is 5.56 Å². The smallest absolute Gasteiger partial charge is 0.317 e. The van der Waals surface area contributed by atoms with Gasteiger partial charge in [-0.2, -0.15) is 12.6 Å². The molecule has 0 aliphatic rings. The maximum absolute atomic E-state index is 11.5. The van der Waals surface area contributed by atoms with Crippen LogP contribution in [0, 0.1) is 0 Å². The molecule has 2 amide bonds. The van der Waals surface area contributed by atoms with E-state index in [4.69, 9.17) is 0 Å². The van der Waals surface area contributed by atoms with Crippen LogP contribution in [0.5, 0.6) is 0 Å². The van der Waals surface area contributed by atoms with Crippen molar-refractivity contribution in [2.45, 2.75) is 12.5 Å². The summed E-state index contributed by atoms with van der Waals surface area (Å²) in [5, 5.41) is 2.93. The Hall–Kier alpha value is -1.16. The average molecular weight is 238 g/mol. The Morgan fingerprint density at radius 2 is 2.00 bits per heavy atom. The molecule has 0 saturated carbocycles. The second kappa shape index (κ2) is 6.43. The fourth-order valence-corrected chi connectivity index (χ4v) is 1.58. The first-order valence-electron chi connectivity index (χ1n) is 5.26. The highest BCUT2D eigenvalue weighted by atomic mass is 32.1. The minimum atomic E-state index is -0.0741. The summed E-state index contributed by atoms with van der Waals surface area (Å²) in [6.07, 6.45) is 0.809. The molecule has 1 atom stereocenters.